The number of rotatable bonds is 19. The van der Waals surface area contributed by atoms with Crippen LogP contribution in [0.1, 0.15) is 122 Å². The molecule has 0 aliphatic heterocycles. The minimum Gasteiger partial charge on any atom is -0.463 e. The van der Waals surface area contributed by atoms with Crippen molar-refractivity contribution in [3.63, 3.8) is 0 Å². The van der Waals surface area contributed by atoms with Gasteiger partial charge in [-0.05, 0) is 37.7 Å². The normalized spacial score (nSPS) is 13.0. The standard InChI is InChI=1S/C27H43O4/c1-3-4-5-6-7-8-9-10-11-13-18-25(24-16-14-12-15-17-24)20-22-27(30)31-23(2)19-21-26(28)29/h12,14-17,23,25H,3-11,13,18-22H2,1-2H3. The minimum atomic E-state index is -1.11. The maximum Gasteiger partial charge on any atom is 0.355 e. The predicted octanol–water partition coefficient (Wildman–Crippen LogP) is 7.53. The molecule has 2 atom stereocenters. The van der Waals surface area contributed by atoms with Crippen LogP contribution in [-0.2, 0) is 19.4 Å². The van der Waals surface area contributed by atoms with Gasteiger partial charge in [0.25, 0.3) is 0 Å². The molecule has 0 fully saturated rings. The monoisotopic (exact) mass is 431 g/mol. The summed E-state index contributed by atoms with van der Waals surface area (Å²) in [5.74, 6) is -0.986. The Morgan fingerprint density at radius 3 is 1.94 bits per heavy atom. The highest BCUT2D eigenvalue weighted by Gasteiger charge is 2.16. The van der Waals surface area contributed by atoms with Crippen LogP contribution in [-0.4, -0.2) is 18.0 Å². The summed E-state index contributed by atoms with van der Waals surface area (Å²) in [4.78, 5) is 22.7. The second-order valence-electron chi connectivity index (χ2n) is 8.83. The molecule has 1 rings (SSSR count). The van der Waals surface area contributed by atoms with Crippen molar-refractivity contribution in [1.82, 2.24) is 0 Å². The third-order valence-corrected chi connectivity index (χ3v) is 5.96. The zero-order chi connectivity index (χ0) is 22.7. The second-order valence-corrected chi connectivity index (χ2v) is 8.83. The first kappa shape index (κ1) is 27.2. The van der Waals surface area contributed by atoms with Crippen molar-refractivity contribution in [3.05, 3.63) is 35.9 Å². The number of benzene rings is 1. The first-order valence-electron chi connectivity index (χ1n) is 12.5. The fraction of sp³-hybridized carbons (Fsp3) is 0.704. The first-order chi connectivity index (χ1) is 15.0. The molecule has 0 N–H and O–H groups in total. The van der Waals surface area contributed by atoms with Gasteiger partial charge >= 0.3 is 11.9 Å². The molecule has 0 aliphatic rings. The van der Waals surface area contributed by atoms with Crippen LogP contribution >= 0.6 is 0 Å². The first-order valence-corrected chi connectivity index (χ1v) is 12.5. The summed E-state index contributed by atoms with van der Waals surface area (Å²) in [7, 11) is 0. The molecule has 0 spiro atoms. The van der Waals surface area contributed by atoms with Crippen molar-refractivity contribution in [1.29, 1.82) is 0 Å². The zero-order valence-electron chi connectivity index (χ0n) is 19.8. The molecule has 0 saturated heterocycles. The zero-order valence-corrected chi connectivity index (χ0v) is 19.8. The van der Waals surface area contributed by atoms with Gasteiger partial charge in [-0.3, -0.25) is 4.79 Å². The number of hydrogen-bond donors (Lipinski definition) is 0. The number of hydrogen-bond acceptors (Lipinski definition) is 3. The quantitative estimate of drug-likeness (QED) is 0.168. The van der Waals surface area contributed by atoms with E-state index in [1.807, 2.05) is 6.07 Å². The highest BCUT2D eigenvalue weighted by molar-refractivity contribution is 5.70. The van der Waals surface area contributed by atoms with Gasteiger partial charge in [0.1, 0.15) is 0 Å². The molecule has 0 aromatic heterocycles. The largest absolute Gasteiger partial charge is 0.463 e. The van der Waals surface area contributed by atoms with Gasteiger partial charge < -0.3 is 4.74 Å². The van der Waals surface area contributed by atoms with Gasteiger partial charge in [0, 0.05) is 6.42 Å². The van der Waals surface area contributed by atoms with Gasteiger partial charge in [0.15, 0.2) is 0 Å². The number of esters is 1. The number of carbonyl (C=O) groups excluding carboxylic acids is 2. The molecule has 4 nitrogen and oxygen atoms in total. The lowest BCUT2D eigenvalue weighted by Gasteiger charge is -2.18. The number of ether oxygens (including phenoxy) is 1. The van der Waals surface area contributed by atoms with Crippen LogP contribution in [0.2, 0.25) is 0 Å². The lowest BCUT2D eigenvalue weighted by Crippen LogP contribution is -2.16. The molecule has 31 heavy (non-hydrogen) atoms. The van der Waals surface area contributed by atoms with E-state index in [0.717, 1.165) is 12.8 Å². The van der Waals surface area contributed by atoms with E-state index in [1.54, 1.807) is 6.92 Å². The predicted molar refractivity (Wildman–Crippen MR) is 125 cm³/mol. The maximum atomic E-state index is 12.2. The fourth-order valence-electron chi connectivity index (χ4n) is 4.04. The average Bonchev–Trinajstić information content (AvgIpc) is 2.76. The van der Waals surface area contributed by atoms with Crippen LogP contribution in [0, 0.1) is 0 Å². The molecular weight excluding hydrogens is 388 g/mol. The lowest BCUT2D eigenvalue weighted by atomic mass is 9.89. The number of carbonyl (C=O) groups is 2. The summed E-state index contributed by atoms with van der Waals surface area (Å²) in [6, 6.07) is 10.4. The Bertz CT molecular complexity index is 584. The third kappa shape index (κ3) is 14.7. The molecule has 175 valence electrons. The van der Waals surface area contributed by atoms with Gasteiger partial charge in [0.2, 0.25) is 0 Å². The Labute approximate surface area is 189 Å². The van der Waals surface area contributed by atoms with E-state index in [-0.39, 0.29) is 18.5 Å². The van der Waals surface area contributed by atoms with E-state index in [0.29, 0.717) is 18.8 Å². The smallest absolute Gasteiger partial charge is 0.355 e. The van der Waals surface area contributed by atoms with Crippen LogP contribution in [0.25, 0.3) is 0 Å². The van der Waals surface area contributed by atoms with Crippen molar-refractivity contribution in [2.24, 2.45) is 0 Å². The molecule has 0 saturated carbocycles. The summed E-state index contributed by atoms with van der Waals surface area (Å²) >= 11 is 0. The fourth-order valence-corrected chi connectivity index (χ4v) is 4.04. The van der Waals surface area contributed by atoms with Crippen molar-refractivity contribution in [2.75, 3.05) is 0 Å². The summed E-state index contributed by atoms with van der Waals surface area (Å²) < 4.78 is 5.36. The molecule has 0 heterocycles. The van der Waals surface area contributed by atoms with Crippen LogP contribution in [0.4, 0.5) is 0 Å². The average molecular weight is 432 g/mol. The van der Waals surface area contributed by atoms with Crippen LogP contribution in [0.5, 0.6) is 0 Å². The van der Waals surface area contributed by atoms with Gasteiger partial charge in [-0.25, -0.2) is 9.90 Å². The highest BCUT2D eigenvalue weighted by Crippen LogP contribution is 2.28. The molecule has 0 aliphatic carbocycles. The Balaban J connectivity index is 2.30. The van der Waals surface area contributed by atoms with E-state index in [9.17, 15) is 14.7 Å². The van der Waals surface area contributed by atoms with E-state index < -0.39 is 5.97 Å². The Hall–Kier alpha value is -1.84. The number of unbranched alkanes of at least 4 members (excludes halogenated alkanes) is 9. The SMILES string of the molecule is CCCCCCCCCCCCC(CCC(=O)OC(C)CCC([O])=O)c1ccccc1. The molecule has 1 radical (unpaired) electrons. The van der Waals surface area contributed by atoms with Crippen molar-refractivity contribution >= 4 is 11.9 Å². The van der Waals surface area contributed by atoms with Gasteiger partial charge in [-0.1, -0.05) is 101 Å². The van der Waals surface area contributed by atoms with E-state index in [1.165, 1.54) is 69.8 Å². The Kier molecular flexibility index (Phi) is 15.6. The topological polar surface area (TPSA) is 63.3 Å². The van der Waals surface area contributed by atoms with Crippen molar-refractivity contribution in [3.8, 4) is 0 Å². The molecule has 1 aromatic carbocycles. The van der Waals surface area contributed by atoms with Crippen LogP contribution in [0.15, 0.2) is 30.3 Å². The summed E-state index contributed by atoms with van der Waals surface area (Å²) in [6.07, 6.45) is 15.3. The Morgan fingerprint density at radius 1 is 0.774 bits per heavy atom. The third-order valence-electron chi connectivity index (χ3n) is 5.96. The lowest BCUT2D eigenvalue weighted by molar-refractivity contribution is -0.151. The summed E-state index contributed by atoms with van der Waals surface area (Å²) in [5.41, 5.74) is 1.29. The molecule has 4 heteroatoms. The second kappa shape index (κ2) is 17.8. The van der Waals surface area contributed by atoms with Crippen molar-refractivity contribution in [2.45, 2.75) is 122 Å². The van der Waals surface area contributed by atoms with Gasteiger partial charge in [0.05, 0.1) is 12.5 Å². The maximum absolute atomic E-state index is 12.2. The molecule has 0 amide bonds. The van der Waals surface area contributed by atoms with E-state index in [4.69, 9.17) is 4.74 Å². The highest BCUT2D eigenvalue weighted by atomic mass is 16.5. The van der Waals surface area contributed by atoms with Crippen LogP contribution in [0.3, 0.4) is 0 Å². The molecule has 0 bridgehead atoms. The van der Waals surface area contributed by atoms with Crippen LogP contribution < -0.4 is 0 Å². The van der Waals surface area contributed by atoms with E-state index in [2.05, 4.69) is 31.2 Å². The minimum absolute atomic E-state index is 0.0835. The van der Waals surface area contributed by atoms with Crippen molar-refractivity contribution < 1.29 is 19.4 Å². The Morgan fingerprint density at radius 2 is 1.35 bits per heavy atom. The van der Waals surface area contributed by atoms with Gasteiger partial charge in [-0.15, -0.1) is 0 Å². The summed E-state index contributed by atoms with van der Waals surface area (Å²) in [6.45, 7) is 3.99. The summed E-state index contributed by atoms with van der Waals surface area (Å²) in [5, 5.41) is 10.5. The van der Waals surface area contributed by atoms with Gasteiger partial charge in [-0.2, -0.15) is 0 Å². The van der Waals surface area contributed by atoms with E-state index >= 15 is 0 Å². The molecular formula is C27H43O4. The molecule has 1 aromatic rings. The molecule has 2 unspecified atom stereocenters.